The molecule has 2 rings (SSSR count). The molecule has 2 heteroatoms. The maximum atomic E-state index is 5.62. The molecular formula is C14H16N2. The SMILES string of the molecule is Cc1cncc(-c2ccc(CN)cc2C)c1. The highest BCUT2D eigenvalue weighted by atomic mass is 14.6. The minimum Gasteiger partial charge on any atom is -0.326 e. The molecule has 16 heavy (non-hydrogen) atoms. The summed E-state index contributed by atoms with van der Waals surface area (Å²) < 4.78 is 0. The van der Waals surface area contributed by atoms with Gasteiger partial charge in [-0.2, -0.15) is 0 Å². The number of nitrogens with two attached hydrogens (primary N) is 1. The van der Waals surface area contributed by atoms with Crippen molar-refractivity contribution in [2.75, 3.05) is 0 Å². The Balaban J connectivity index is 2.48. The first-order valence-corrected chi connectivity index (χ1v) is 5.42. The van der Waals surface area contributed by atoms with Crippen molar-refractivity contribution >= 4 is 0 Å². The second-order valence-electron chi connectivity index (χ2n) is 4.10. The molecule has 0 fully saturated rings. The lowest BCUT2D eigenvalue weighted by Gasteiger charge is -2.08. The molecule has 1 heterocycles. The maximum absolute atomic E-state index is 5.62. The van der Waals surface area contributed by atoms with E-state index in [-0.39, 0.29) is 0 Å². The van der Waals surface area contributed by atoms with Crippen LogP contribution in [0.2, 0.25) is 0 Å². The normalized spacial score (nSPS) is 10.4. The highest BCUT2D eigenvalue weighted by Crippen LogP contribution is 2.24. The van der Waals surface area contributed by atoms with Crippen LogP contribution in [0, 0.1) is 13.8 Å². The van der Waals surface area contributed by atoms with Gasteiger partial charge in [-0.3, -0.25) is 4.98 Å². The summed E-state index contributed by atoms with van der Waals surface area (Å²) in [5, 5.41) is 0. The van der Waals surface area contributed by atoms with Gasteiger partial charge in [0.25, 0.3) is 0 Å². The van der Waals surface area contributed by atoms with E-state index in [2.05, 4.69) is 43.1 Å². The van der Waals surface area contributed by atoms with E-state index in [0.717, 1.165) is 0 Å². The molecule has 82 valence electrons. The van der Waals surface area contributed by atoms with Crippen LogP contribution in [-0.2, 0) is 6.54 Å². The lowest BCUT2D eigenvalue weighted by Crippen LogP contribution is -1.97. The van der Waals surface area contributed by atoms with E-state index in [0.29, 0.717) is 6.54 Å². The fraction of sp³-hybridized carbons (Fsp3) is 0.214. The molecule has 2 nitrogen and oxygen atoms in total. The molecule has 0 aliphatic carbocycles. The molecule has 1 aromatic heterocycles. The van der Waals surface area contributed by atoms with Gasteiger partial charge in [-0.05, 0) is 42.2 Å². The Labute approximate surface area is 96.1 Å². The van der Waals surface area contributed by atoms with Gasteiger partial charge in [-0.1, -0.05) is 18.2 Å². The van der Waals surface area contributed by atoms with Crippen LogP contribution in [0.25, 0.3) is 11.1 Å². The molecular weight excluding hydrogens is 196 g/mol. The number of aromatic nitrogens is 1. The van der Waals surface area contributed by atoms with Crippen molar-refractivity contribution in [3.63, 3.8) is 0 Å². The van der Waals surface area contributed by atoms with Gasteiger partial charge >= 0.3 is 0 Å². The summed E-state index contributed by atoms with van der Waals surface area (Å²) >= 11 is 0. The standard InChI is InChI=1S/C14H16N2/c1-10-5-13(9-16-8-10)14-4-3-12(7-15)6-11(14)2/h3-6,8-9H,7,15H2,1-2H3. The average molecular weight is 212 g/mol. The number of rotatable bonds is 2. The molecule has 0 saturated carbocycles. The topological polar surface area (TPSA) is 38.9 Å². The fourth-order valence-corrected chi connectivity index (χ4v) is 1.88. The van der Waals surface area contributed by atoms with Gasteiger partial charge in [0.1, 0.15) is 0 Å². The van der Waals surface area contributed by atoms with E-state index in [1.54, 1.807) is 0 Å². The van der Waals surface area contributed by atoms with Crippen LogP contribution in [-0.4, -0.2) is 4.98 Å². The van der Waals surface area contributed by atoms with Gasteiger partial charge in [0.15, 0.2) is 0 Å². The van der Waals surface area contributed by atoms with Crippen LogP contribution in [0.1, 0.15) is 16.7 Å². The number of hydrogen-bond acceptors (Lipinski definition) is 2. The number of hydrogen-bond donors (Lipinski definition) is 1. The van der Waals surface area contributed by atoms with Crippen LogP contribution in [0.15, 0.2) is 36.7 Å². The zero-order valence-corrected chi connectivity index (χ0v) is 9.70. The van der Waals surface area contributed by atoms with Crippen molar-refractivity contribution in [1.29, 1.82) is 0 Å². The molecule has 0 saturated heterocycles. The minimum absolute atomic E-state index is 0.590. The fourth-order valence-electron chi connectivity index (χ4n) is 1.88. The van der Waals surface area contributed by atoms with E-state index in [1.165, 1.54) is 27.8 Å². The molecule has 1 aromatic carbocycles. The van der Waals surface area contributed by atoms with Crippen molar-refractivity contribution in [2.45, 2.75) is 20.4 Å². The van der Waals surface area contributed by atoms with Crippen LogP contribution in [0.5, 0.6) is 0 Å². The number of pyridine rings is 1. The predicted molar refractivity (Wildman–Crippen MR) is 67.0 cm³/mol. The molecule has 2 aromatic rings. The van der Waals surface area contributed by atoms with Crippen molar-refractivity contribution in [1.82, 2.24) is 4.98 Å². The monoisotopic (exact) mass is 212 g/mol. The predicted octanol–water partition coefficient (Wildman–Crippen LogP) is 2.82. The van der Waals surface area contributed by atoms with E-state index in [1.807, 2.05) is 12.4 Å². The molecule has 2 N–H and O–H groups in total. The van der Waals surface area contributed by atoms with E-state index < -0.39 is 0 Å². The Morgan fingerprint density at radius 3 is 2.56 bits per heavy atom. The smallest absolute Gasteiger partial charge is 0.0346 e. The number of benzene rings is 1. The zero-order chi connectivity index (χ0) is 11.5. The summed E-state index contributed by atoms with van der Waals surface area (Å²) in [5.41, 5.74) is 11.6. The quantitative estimate of drug-likeness (QED) is 0.831. The van der Waals surface area contributed by atoms with Crippen LogP contribution in [0.4, 0.5) is 0 Å². The summed E-state index contributed by atoms with van der Waals surface area (Å²) in [5.74, 6) is 0. The highest BCUT2D eigenvalue weighted by molar-refractivity contribution is 5.67. The lowest BCUT2D eigenvalue weighted by molar-refractivity contribution is 1.07. The van der Waals surface area contributed by atoms with E-state index in [4.69, 9.17) is 5.73 Å². The second-order valence-corrected chi connectivity index (χ2v) is 4.10. The van der Waals surface area contributed by atoms with Crippen molar-refractivity contribution < 1.29 is 0 Å². The van der Waals surface area contributed by atoms with E-state index in [9.17, 15) is 0 Å². The summed E-state index contributed by atoms with van der Waals surface area (Å²) in [7, 11) is 0. The molecule has 0 spiro atoms. The Morgan fingerprint density at radius 1 is 1.12 bits per heavy atom. The van der Waals surface area contributed by atoms with Gasteiger partial charge in [-0.25, -0.2) is 0 Å². The highest BCUT2D eigenvalue weighted by Gasteiger charge is 2.03. The maximum Gasteiger partial charge on any atom is 0.0346 e. The first kappa shape index (κ1) is 10.8. The van der Waals surface area contributed by atoms with Crippen LogP contribution < -0.4 is 5.73 Å². The lowest BCUT2D eigenvalue weighted by atomic mass is 9.99. The first-order valence-electron chi connectivity index (χ1n) is 5.42. The van der Waals surface area contributed by atoms with Gasteiger partial charge in [0.2, 0.25) is 0 Å². The molecule has 0 radical (unpaired) electrons. The van der Waals surface area contributed by atoms with Gasteiger partial charge < -0.3 is 5.73 Å². The van der Waals surface area contributed by atoms with Crippen molar-refractivity contribution in [3.8, 4) is 11.1 Å². The average Bonchev–Trinajstić information content (AvgIpc) is 2.28. The largest absolute Gasteiger partial charge is 0.326 e. The summed E-state index contributed by atoms with van der Waals surface area (Å²) in [6.45, 7) is 4.75. The number of nitrogens with zero attached hydrogens (tertiary/aromatic N) is 1. The zero-order valence-electron chi connectivity index (χ0n) is 9.70. The first-order chi connectivity index (χ1) is 7.70. The van der Waals surface area contributed by atoms with Gasteiger partial charge in [-0.15, -0.1) is 0 Å². The van der Waals surface area contributed by atoms with Crippen molar-refractivity contribution in [2.24, 2.45) is 5.73 Å². The summed E-state index contributed by atoms with van der Waals surface area (Å²) in [4.78, 5) is 4.22. The second kappa shape index (κ2) is 4.45. The van der Waals surface area contributed by atoms with Crippen molar-refractivity contribution in [3.05, 3.63) is 53.3 Å². The Kier molecular flexibility index (Phi) is 3.02. The summed E-state index contributed by atoms with van der Waals surface area (Å²) in [6, 6.07) is 8.48. The Hall–Kier alpha value is -1.67. The Morgan fingerprint density at radius 2 is 1.94 bits per heavy atom. The van der Waals surface area contributed by atoms with Crippen LogP contribution >= 0.6 is 0 Å². The molecule has 0 aliphatic heterocycles. The third-order valence-corrected chi connectivity index (χ3v) is 2.71. The minimum atomic E-state index is 0.590. The van der Waals surface area contributed by atoms with Crippen LogP contribution in [0.3, 0.4) is 0 Å². The molecule has 0 amide bonds. The molecule has 0 unspecified atom stereocenters. The number of aryl methyl sites for hydroxylation is 2. The Bertz CT molecular complexity index is 504. The molecule has 0 aliphatic rings. The molecule has 0 bridgehead atoms. The van der Waals surface area contributed by atoms with Gasteiger partial charge in [0.05, 0.1) is 0 Å². The molecule has 0 atom stereocenters. The summed E-state index contributed by atoms with van der Waals surface area (Å²) in [6.07, 6.45) is 3.77. The van der Waals surface area contributed by atoms with Gasteiger partial charge in [0, 0.05) is 24.5 Å². The third-order valence-electron chi connectivity index (χ3n) is 2.71. The third kappa shape index (κ3) is 2.12. The van der Waals surface area contributed by atoms with E-state index >= 15 is 0 Å².